The van der Waals surface area contributed by atoms with Crippen LogP contribution in [0.3, 0.4) is 0 Å². The van der Waals surface area contributed by atoms with Crippen LogP contribution in [-0.4, -0.2) is 27.1 Å². The largest absolute Gasteiger partial charge is 0.487 e. The summed E-state index contributed by atoms with van der Waals surface area (Å²) < 4.78 is 21.2. The van der Waals surface area contributed by atoms with E-state index in [-0.39, 0.29) is 18.1 Å². The maximum Gasteiger partial charge on any atom is 0.268 e. The van der Waals surface area contributed by atoms with E-state index in [4.69, 9.17) is 9.57 Å². The minimum Gasteiger partial charge on any atom is -0.487 e. The molecule has 5 rings (SSSR count). The second-order valence-corrected chi connectivity index (χ2v) is 7.35. The van der Waals surface area contributed by atoms with Crippen LogP contribution >= 0.6 is 0 Å². The molecule has 2 aromatic carbocycles. The monoisotopic (exact) mass is 430 g/mol. The second kappa shape index (κ2) is 8.50. The predicted octanol–water partition coefficient (Wildman–Crippen LogP) is 4.18. The zero-order valence-electron chi connectivity index (χ0n) is 16.9. The number of ether oxygens (including phenoxy) is 1. The van der Waals surface area contributed by atoms with Gasteiger partial charge in [0, 0.05) is 36.1 Å². The molecule has 0 fully saturated rings. The summed E-state index contributed by atoms with van der Waals surface area (Å²) in [6, 6.07) is 18.9. The molecule has 0 bridgehead atoms. The molecule has 1 unspecified atom stereocenters. The number of fused-ring (bicyclic) bond motifs is 1. The topological polar surface area (TPSA) is 77.2 Å². The van der Waals surface area contributed by atoms with Crippen LogP contribution in [0.1, 0.15) is 17.7 Å². The molecule has 7 nitrogen and oxygen atoms in total. The van der Waals surface area contributed by atoms with E-state index in [0.29, 0.717) is 29.3 Å². The number of anilines is 1. The van der Waals surface area contributed by atoms with Gasteiger partial charge in [0.2, 0.25) is 6.10 Å². The summed E-state index contributed by atoms with van der Waals surface area (Å²) in [5.74, 6) is -0.0971. The number of hydrogen-bond donors (Lipinski definition) is 1. The van der Waals surface area contributed by atoms with Gasteiger partial charge in [-0.3, -0.25) is 4.79 Å². The van der Waals surface area contributed by atoms with Gasteiger partial charge >= 0.3 is 0 Å². The van der Waals surface area contributed by atoms with E-state index in [1.807, 2.05) is 41.1 Å². The lowest BCUT2D eigenvalue weighted by atomic mass is 10.0. The van der Waals surface area contributed by atoms with Crippen LogP contribution in [0.4, 0.5) is 10.1 Å². The smallest absolute Gasteiger partial charge is 0.268 e. The van der Waals surface area contributed by atoms with Crippen molar-refractivity contribution >= 4 is 23.0 Å². The van der Waals surface area contributed by atoms with Crippen molar-refractivity contribution < 1.29 is 18.8 Å². The van der Waals surface area contributed by atoms with Crippen molar-refractivity contribution in [3.05, 3.63) is 96.2 Å². The number of nitrogens with one attached hydrogen (secondary N) is 1. The van der Waals surface area contributed by atoms with Crippen molar-refractivity contribution in [3.8, 4) is 5.75 Å². The average molecular weight is 430 g/mol. The molecule has 0 aliphatic carbocycles. The number of carbonyl (C=O) groups is 1. The molecule has 0 radical (unpaired) electrons. The summed E-state index contributed by atoms with van der Waals surface area (Å²) >= 11 is 0. The van der Waals surface area contributed by atoms with Gasteiger partial charge in [0.05, 0.1) is 11.4 Å². The third-order valence-corrected chi connectivity index (χ3v) is 5.02. The van der Waals surface area contributed by atoms with E-state index in [1.165, 1.54) is 12.1 Å². The van der Waals surface area contributed by atoms with E-state index >= 15 is 0 Å². The molecule has 1 aliphatic heterocycles. The number of nitrogens with zero attached hydrogens (tertiary/aromatic N) is 3. The van der Waals surface area contributed by atoms with Crippen molar-refractivity contribution in [1.82, 2.24) is 9.38 Å². The van der Waals surface area contributed by atoms with Crippen LogP contribution in [0.25, 0.3) is 5.65 Å². The van der Waals surface area contributed by atoms with Crippen molar-refractivity contribution in [2.45, 2.75) is 19.1 Å². The SMILES string of the molecule is O=C(Nc1cccc(OCc2cn3ccccc3n2)c1)C1CC(c2cccc(F)c2)=NO1. The highest BCUT2D eigenvalue weighted by Gasteiger charge is 2.29. The molecule has 0 saturated carbocycles. The molecule has 2 aromatic heterocycles. The minimum absolute atomic E-state index is 0.263. The van der Waals surface area contributed by atoms with Crippen LogP contribution < -0.4 is 10.1 Å². The molecule has 4 aromatic rings. The van der Waals surface area contributed by atoms with E-state index in [9.17, 15) is 9.18 Å². The predicted molar refractivity (Wildman–Crippen MR) is 117 cm³/mol. The first-order chi connectivity index (χ1) is 15.6. The Kier molecular flexibility index (Phi) is 5.25. The molecule has 8 heteroatoms. The molecule has 1 amide bonds. The number of oxime groups is 1. The van der Waals surface area contributed by atoms with Crippen LogP contribution in [0, 0.1) is 5.82 Å². The maximum atomic E-state index is 13.4. The summed E-state index contributed by atoms with van der Waals surface area (Å²) in [5, 5.41) is 6.76. The third kappa shape index (κ3) is 4.29. The Balaban J connectivity index is 1.19. The van der Waals surface area contributed by atoms with Crippen molar-refractivity contribution in [1.29, 1.82) is 0 Å². The van der Waals surface area contributed by atoms with Crippen LogP contribution in [0.2, 0.25) is 0 Å². The first kappa shape index (κ1) is 19.7. The van der Waals surface area contributed by atoms with E-state index in [2.05, 4.69) is 15.5 Å². The van der Waals surface area contributed by atoms with Crippen LogP contribution in [-0.2, 0) is 16.2 Å². The van der Waals surface area contributed by atoms with Gasteiger partial charge in [-0.05, 0) is 36.4 Å². The summed E-state index contributed by atoms with van der Waals surface area (Å²) in [5.41, 5.74) is 3.36. The molecular formula is C24H19FN4O3. The average Bonchev–Trinajstić information content (AvgIpc) is 3.45. The minimum atomic E-state index is -0.782. The fourth-order valence-electron chi connectivity index (χ4n) is 3.46. The summed E-state index contributed by atoms with van der Waals surface area (Å²) in [7, 11) is 0. The van der Waals surface area contributed by atoms with Gasteiger partial charge in [0.25, 0.3) is 5.91 Å². The maximum absolute atomic E-state index is 13.4. The number of benzene rings is 2. The van der Waals surface area contributed by atoms with E-state index in [1.54, 1.807) is 30.3 Å². The molecule has 160 valence electrons. The van der Waals surface area contributed by atoms with Gasteiger partial charge < -0.3 is 19.3 Å². The Morgan fingerprint density at radius 3 is 2.94 bits per heavy atom. The summed E-state index contributed by atoms with van der Waals surface area (Å²) in [4.78, 5) is 22.4. The summed E-state index contributed by atoms with van der Waals surface area (Å²) in [6.07, 6.45) is 3.32. The number of pyridine rings is 1. The number of aromatic nitrogens is 2. The lowest BCUT2D eigenvalue weighted by molar-refractivity contribution is -0.125. The summed E-state index contributed by atoms with van der Waals surface area (Å²) in [6.45, 7) is 0.301. The van der Waals surface area contributed by atoms with Gasteiger partial charge in [-0.25, -0.2) is 9.37 Å². The normalized spacial score (nSPS) is 15.3. The third-order valence-electron chi connectivity index (χ3n) is 5.02. The van der Waals surface area contributed by atoms with Gasteiger partial charge in [0.1, 0.15) is 23.8 Å². The van der Waals surface area contributed by atoms with Gasteiger partial charge in [-0.2, -0.15) is 0 Å². The van der Waals surface area contributed by atoms with E-state index in [0.717, 1.165) is 11.3 Å². The van der Waals surface area contributed by atoms with Gasteiger partial charge in [-0.15, -0.1) is 0 Å². The van der Waals surface area contributed by atoms with Crippen molar-refractivity contribution in [2.24, 2.45) is 5.16 Å². The number of amides is 1. The Labute approximate surface area is 183 Å². The highest BCUT2D eigenvalue weighted by Crippen LogP contribution is 2.22. The number of hydrogen-bond acceptors (Lipinski definition) is 5. The highest BCUT2D eigenvalue weighted by molar-refractivity contribution is 6.06. The number of rotatable bonds is 6. The van der Waals surface area contributed by atoms with Crippen LogP contribution in [0.5, 0.6) is 5.75 Å². The zero-order valence-corrected chi connectivity index (χ0v) is 16.9. The second-order valence-electron chi connectivity index (χ2n) is 7.35. The first-order valence-electron chi connectivity index (χ1n) is 10.1. The Hall–Kier alpha value is -4.20. The number of carbonyl (C=O) groups excluding carboxylic acids is 1. The molecule has 32 heavy (non-hydrogen) atoms. The number of imidazole rings is 1. The lowest BCUT2D eigenvalue weighted by Gasteiger charge is -2.11. The standard InChI is InChI=1S/C24H19FN4O3/c25-17-6-3-5-16(11-17)21-13-22(32-28-21)24(30)27-18-7-4-8-20(12-18)31-15-19-14-29-10-2-1-9-23(29)26-19/h1-12,14,22H,13,15H2,(H,27,30). The molecular weight excluding hydrogens is 411 g/mol. The lowest BCUT2D eigenvalue weighted by Crippen LogP contribution is -2.28. The highest BCUT2D eigenvalue weighted by atomic mass is 19.1. The molecule has 3 heterocycles. The van der Waals surface area contributed by atoms with Crippen molar-refractivity contribution in [3.63, 3.8) is 0 Å². The Morgan fingerprint density at radius 1 is 1.16 bits per heavy atom. The number of halogens is 1. The van der Waals surface area contributed by atoms with Crippen LogP contribution in [0.15, 0.2) is 84.3 Å². The molecule has 1 N–H and O–H groups in total. The fourth-order valence-corrected chi connectivity index (χ4v) is 3.46. The zero-order chi connectivity index (χ0) is 21.9. The van der Waals surface area contributed by atoms with Gasteiger partial charge in [-0.1, -0.05) is 29.4 Å². The van der Waals surface area contributed by atoms with Gasteiger partial charge in [0.15, 0.2) is 0 Å². The molecule has 1 aliphatic rings. The van der Waals surface area contributed by atoms with Crippen molar-refractivity contribution in [2.75, 3.05) is 5.32 Å². The fraction of sp³-hybridized carbons (Fsp3) is 0.125. The molecule has 0 saturated heterocycles. The molecule has 0 spiro atoms. The molecule has 1 atom stereocenters. The Bertz CT molecular complexity index is 1280. The quantitative estimate of drug-likeness (QED) is 0.498. The Morgan fingerprint density at radius 2 is 2.06 bits per heavy atom. The first-order valence-corrected chi connectivity index (χ1v) is 10.1. The van der Waals surface area contributed by atoms with E-state index < -0.39 is 6.10 Å².